The van der Waals surface area contributed by atoms with Gasteiger partial charge in [-0.25, -0.2) is 4.79 Å². The molecule has 4 atom stereocenters. The first-order chi connectivity index (χ1) is 15.0. The smallest absolute Gasteiger partial charge is 0.326 e. The summed E-state index contributed by atoms with van der Waals surface area (Å²) in [7, 11) is 0. The zero-order valence-corrected chi connectivity index (χ0v) is 18.3. The van der Waals surface area contributed by atoms with E-state index in [9.17, 15) is 28.8 Å². The monoisotopic (exact) mass is 476 g/mol. The quantitative estimate of drug-likeness (QED) is 0.145. The van der Waals surface area contributed by atoms with Crippen LogP contribution in [-0.2, 0) is 28.8 Å². The Morgan fingerprint density at radius 2 is 1.47 bits per heavy atom. The molecule has 0 aromatic carbocycles. The van der Waals surface area contributed by atoms with Gasteiger partial charge in [0.2, 0.25) is 17.7 Å². The Hall–Kier alpha value is -2.87. The zero-order chi connectivity index (χ0) is 24.3. The number of carbonyl (C=O) groups excluding carboxylic acids is 3. The number of carbonyl (C=O) groups is 6. The van der Waals surface area contributed by atoms with Crippen LogP contribution in [0.15, 0.2) is 0 Å². The molecule has 180 valence electrons. The summed E-state index contributed by atoms with van der Waals surface area (Å²) in [6.07, 6.45) is 1.61. The number of aliphatic carboxylic acids is 3. The number of nitrogens with one attached hydrogen (secondary N) is 4. The molecular formula is C18H28N4O9S. The van der Waals surface area contributed by atoms with Gasteiger partial charge >= 0.3 is 17.9 Å². The predicted molar refractivity (Wildman–Crippen MR) is 112 cm³/mol. The molecule has 7 N–H and O–H groups in total. The summed E-state index contributed by atoms with van der Waals surface area (Å²) in [6, 6.07) is -4.98. The second-order valence-corrected chi connectivity index (χ2v) is 8.13. The molecular weight excluding hydrogens is 448 g/mol. The van der Waals surface area contributed by atoms with Crippen LogP contribution in [0.25, 0.3) is 0 Å². The number of carboxylic acids is 3. The lowest BCUT2D eigenvalue weighted by Crippen LogP contribution is -2.57. The summed E-state index contributed by atoms with van der Waals surface area (Å²) in [5, 5.41) is 36.7. The minimum absolute atomic E-state index is 0.212. The van der Waals surface area contributed by atoms with Crippen LogP contribution in [0.2, 0.25) is 0 Å². The molecule has 0 bridgehead atoms. The van der Waals surface area contributed by atoms with Crippen LogP contribution in [0.1, 0.15) is 32.1 Å². The largest absolute Gasteiger partial charge is 0.481 e. The molecule has 1 fully saturated rings. The molecule has 1 saturated heterocycles. The summed E-state index contributed by atoms with van der Waals surface area (Å²) in [4.78, 5) is 70.7. The van der Waals surface area contributed by atoms with Crippen LogP contribution in [0.4, 0.5) is 0 Å². The van der Waals surface area contributed by atoms with Gasteiger partial charge in [0, 0.05) is 0 Å². The van der Waals surface area contributed by atoms with Crippen molar-refractivity contribution < 1.29 is 44.1 Å². The van der Waals surface area contributed by atoms with E-state index in [1.165, 1.54) is 11.8 Å². The van der Waals surface area contributed by atoms with E-state index in [1.807, 2.05) is 5.32 Å². The van der Waals surface area contributed by atoms with Crippen molar-refractivity contribution >= 4 is 47.4 Å². The molecule has 1 aliphatic rings. The Balaban J connectivity index is 2.91. The minimum atomic E-state index is -1.81. The van der Waals surface area contributed by atoms with Crippen molar-refractivity contribution in [2.75, 3.05) is 18.6 Å². The maximum atomic E-state index is 12.8. The highest BCUT2D eigenvalue weighted by Gasteiger charge is 2.32. The minimum Gasteiger partial charge on any atom is -0.481 e. The third-order valence-corrected chi connectivity index (χ3v) is 5.27. The molecule has 0 spiro atoms. The summed E-state index contributed by atoms with van der Waals surface area (Å²) in [6.45, 7) is 0.668. The molecule has 32 heavy (non-hydrogen) atoms. The average Bonchev–Trinajstić information content (AvgIpc) is 3.24. The van der Waals surface area contributed by atoms with Crippen molar-refractivity contribution in [2.24, 2.45) is 0 Å². The predicted octanol–water partition coefficient (Wildman–Crippen LogP) is -2.02. The number of thioether (sulfide) groups is 1. The Morgan fingerprint density at radius 3 is 1.97 bits per heavy atom. The van der Waals surface area contributed by atoms with Crippen LogP contribution in [0.3, 0.4) is 0 Å². The van der Waals surface area contributed by atoms with E-state index in [1.54, 1.807) is 6.26 Å². The van der Waals surface area contributed by atoms with Gasteiger partial charge in [0.15, 0.2) is 0 Å². The van der Waals surface area contributed by atoms with Crippen molar-refractivity contribution in [3.63, 3.8) is 0 Å². The summed E-state index contributed by atoms with van der Waals surface area (Å²) in [5.74, 6) is -6.44. The highest BCUT2D eigenvalue weighted by atomic mass is 32.2. The van der Waals surface area contributed by atoms with Gasteiger partial charge in [0.05, 0.1) is 18.9 Å². The topological polar surface area (TPSA) is 211 Å². The fourth-order valence-corrected chi connectivity index (χ4v) is 3.46. The summed E-state index contributed by atoms with van der Waals surface area (Å²) < 4.78 is 0. The molecule has 0 aliphatic carbocycles. The van der Waals surface area contributed by atoms with Crippen LogP contribution in [-0.4, -0.2) is 93.7 Å². The summed E-state index contributed by atoms with van der Waals surface area (Å²) >= 11 is 1.42. The first-order valence-corrected chi connectivity index (χ1v) is 11.2. The Morgan fingerprint density at radius 1 is 0.906 bits per heavy atom. The number of rotatable bonds is 14. The Kier molecular flexibility index (Phi) is 11.5. The molecule has 1 aliphatic heterocycles. The van der Waals surface area contributed by atoms with E-state index in [2.05, 4.69) is 16.0 Å². The van der Waals surface area contributed by atoms with Crippen LogP contribution < -0.4 is 21.3 Å². The lowest BCUT2D eigenvalue weighted by atomic mass is 10.1. The van der Waals surface area contributed by atoms with Crippen molar-refractivity contribution in [1.29, 1.82) is 0 Å². The molecule has 14 heteroatoms. The third-order valence-electron chi connectivity index (χ3n) is 4.63. The van der Waals surface area contributed by atoms with Crippen LogP contribution >= 0.6 is 11.8 Å². The van der Waals surface area contributed by atoms with E-state index in [0.29, 0.717) is 18.7 Å². The standard InChI is InChI=1S/C18H28N4O9S/c1-32-6-4-10(20-15(27)9-3-2-5-19-9)16(28)21-11(7-13(23)24)17(29)22-12(18(30)31)8-14(25)26/h9-12,19H,2-8H2,1H3,(H,20,27)(H,21,28)(H,22,29)(H,23,24)(H,25,26)(H,30,31). The lowest BCUT2D eigenvalue weighted by Gasteiger charge is -2.24. The van der Waals surface area contributed by atoms with Crippen molar-refractivity contribution in [3.8, 4) is 0 Å². The first kappa shape index (κ1) is 27.2. The Bertz CT molecular complexity index is 727. The maximum absolute atomic E-state index is 12.8. The molecule has 3 amide bonds. The first-order valence-electron chi connectivity index (χ1n) is 9.85. The van der Waals surface area contributed by atoms with E-state index in [-0.39, 0.29) is 6.42 Å². The Labute approximate surface area is 188 Å². The van der Waals surface area contributed by atoms with Crippen molar-refractivity contribution in [3.05, 3.63) is 0 Å². The molecule has 4 unspecified atom stereocenters. The van der Waals surface area contributed by atoms with Gasteiger partial charge in [-0.1, -0.05) is 0 Å². The SMILES string of the molecule is CSCCC(NC(=O)C1CCCN1)C(=O)NC(CC(=O)O)C(=O)NC(CC(=O)O)C(=O)O. The lowest BCUT2D eigenvalue weighted by molar-refractivity contribution is -0.148. The van der Waals surface area contributed by atoms with E-state index in [0.717, 1.165) is 6.42 Å². The molecule has 0 radical (unpaired) electrons. The fourth-order valence-electron chi connectivity index (χ4n) is 2.99. The van der Waals surface area contributed by atoms with Crippen molar-refractivity contribution in [2.45, 2.75) is 56.3 Å². The maximum Gasteiger partial charge on any atom is 0.326 e. The van der Waals surface area contributed by atoms with E-state index < -0.39 is 72.6 Å². The van der Waals surface area contributed by atoms with E-state index in [4.69, 9.17) is 15.3 Å². The highest BCUT2D eigenvalue weighted by molar-refractivity contribution is 7.98. The third kappa shape index (κ3) is 9.51. The van der Waals surface area contributed by atoms with Gasteiger partial charge in [0.1, 0.15) is 18.1 Å². The van der Waals surface area contributed by atoms with Gasteiger partial charge in [-0.05, 0) is 37.8 Å². The van der Waals surface area contributed by atoms with Gasteiger partial charge in [0.25, 0.3) is 0 Å². The van der Waals surface area contributed by atoms with Crippen molar-refractivity contribution in [1.82, 2.24) is 21.3 Å². The number of hydrogen-bond acceptors (Lipinski definition) is 8. The second kappa shape index (κ2) is 13.5. The normalized spacial score (nSPS) is 18.1. The van der Waals surface area contributed by atoms with Gasteiger partial charge < -0.3 is 36.6 Å². The molecule has 0 saturated carbocycles. The molecule has 1 rings (SSSR count). The van der Waals surface area contributed by atoms with Crippen LogP contribution in [0, 0.1) is 0 Å². The second-order valence-electron chi connectivity index (χ2n) is 7.15. The molecule has 0 aromatic heterocycles. The molecule has 13 nitrogen and oxygen atoms in total. The summed E-state index contributed by atoms with van der Waals surface area (Å²) in [5.41, 5.74) is 0. The number of carboxylic acid groups (broad SMARTS) is 3. The van der Waals surface area contributed by atoms with E-state index >= 15 is 0 Å². The number of amides is 3. The fraction of sp³-hybridized carbons (Fsp3) is 0.667. The van der Waals surface area contributed by atoms with Gasteiger partial charge in [-0.2, -0.15) is 11.8 Å². The molecule has 1 heterocycles. The average molecular weight is 477 g/mol. The van der Waals surface area contributed by atoms with Gasteiger partial charge in [-0.15, -0.1) is 0 Å². The molecule has 0 aromatic rings. The number of hydrogen-bond donors (Lipinski definition) is 7. The zero-order valence-electron chi connectivity index (χ0n) is 17.5. The highest BCUT2D eigenvalue weighted by Crippen LogP contribution is 2.08. The van der Waals surface area contributed by atoms with Crippen LogP contribution in [0.5, 0.6) is 0 Å². The van der Waals surface area contributed by atoms with Gasteiger partial charge in [-0.3, -0.25) is 24.0 Å².